The highest BCUT2D eigenvalue weighted by atomic mass is 79.9. The average molecular weight is 275 g/mol. The van der Waals surface area contributed by atoms with E-state index in [0.29, 0.717) is 6.42 Å². The number of hydrogen-bond donors (Lipinski definition) is 1. The molecule has 0 aliphatic rings. The first kappa shape index (κ1) is 12.7. The maximum Gasteiger partial charge on any atom is 0.0795 e. The monoisotopic (exact) mass is 274 g/mol. The summed E-state index contributed by atoms with van der Waals surface area (Å²) in [6.45, 7) is 7.00. The molecule has 0 saturated heterocycles. The summed E-state index contributed by atoms with van der Waals surface area (Å²) >= 11 is 3.57. The quantitative estimate of drug-likeness (QED) is 0.896. The molecule has 0 aromatic carbocycles. The van der Waals surface area contributed by atoms with Gasteiger partial charge in [-0.3, -0.25) is 4.68 Å². The smallest absolute Gasteiger partial charge is 0.0795 e. The minimum Gasteiger partial charge on any atom is -0.393 e. The lowest BCUT2D eigenvalue weighted by Gasteiger charge is -2.02. The molecule has 1 rings (SSSR count). The second-order valence-corrected chi connectivity index (χ2v) is 4.63. The molecule has 1 heterocycles. The highest BCUT2D eigenvalue weighted by Gasteiger charge is 2.14. The first-order valence-electron chi connectivity index (χ1n) is 5.52. The van der Waals surface area contributed by atoms with Crippen molar-refractivity contribution in [2.24, 2.45) is 0 Å². The summed E-state index contributed by atoms with van der Waals surface area (Å²) in [5.41, 5.74) is 2.20. The van der Waals surface area contributed by atoms with Gasteiger partial charge in [-0.15, -0.1) is 0 Å². The minimum atomic E-state index is -0.337. The fraction of sp³-hybridized carbons (Fsp3) is 0.727. The lowest BCUT2D eigenvalue weighted by molar-refractivity contribution is 0.193. The topological polar surface area (TPSA) is 38.0 Å². The molecule has 3 nitrogen and oxygen atoms in total. The highest BCUT2D eigenvalue weighted by Crippen LogP contribution is 2.23. The van der Waals surface area contributed by atoms with E-state index in [2.05, 4.69) is 34.9 Å². The van der Waals surface area contributed by atoms with Gasteiger partial charge in [-0.1, -0.05) is 13.8 Å². The van der Waals surface area contributed by atoms with Gasteiger partial charge in [0.1, 0.15) is 0 Å². The molecule has 0 fully saturated rings. The van der Waals surface area contributed by atoms with Gasteiger partial charge in [0.2, 0.25) is 0 Å². The molecule has 0 bridgehead atoms. The molecular weight excluding hydrogens is 256 g/mol. The van der Waals surface area contributed by atoms with Crippen molar-refractivity contribution in [2.45, 2.75) is 52.7 Å². The second-order valence-electron chi connectivity index (χ2n) is 3.84. The van der Waals surface area contributed by atoms with E-state index in [0.717, 1.165) is 29.6 Å². The van der Waals surface area contributed by atoms with E-state index < -0.39 is 0 Å². The molecule has 4 heteroatoms. The zero-order valence-corrected chi connectivity index (χ0v) is 11.2. The van der Waals surface area contributed by atoms with Gasteiger partial charge in [0.25, 0.3) is 0 Å². The molecule has 1 aromatic rings. The summed E-state index contributed by atoms with van der Waals surface area (Å²) in [5.74, 6) is 0. The van der Waals surface area contributed by atoms with Crippen LogP contribution in [0.2, 0.25) is 0 Å². The fourth-order valence-electron chi connectivity index (χ4n) is 1.67. The van der Waals surface area contributed by atoms with Crippen molar-refractivity contribution in [2.75, 3.05) is 0 Å². The molecule has 1 aromatic heterocycles. The van der Waals surface area contributed by atoms with Crippen LogP contribution in [0.5, 0.6) is 0 Å². The van der Waals surface area contributed by atoms with E-state index in [-0.39, 0.29) is 6.10 Å². The third-order valence-corrected chi connectivity index (χ3v) is 3.23. The van der Waals surface area contributed by atoms with Gasteiger partial charge >= 0.3 is 0 Å². The Bertz CT molecular complexity index is 321. The normalized spacial score (nSPS) is 13.1. The van der Waals surface area contributed by atoms with E-state index in [9.17, 15) is 5.11 Å². The van der Waals surface area contributed by atoms with Gasteiger partial charge in [0.15, 0.2) is 0 Å². The molecule has 0 radical (unpaired) electrons. The molecule has 0 aliphatic heterocycles. The average Bonchev–Trinajstić information content (AvgIpc) is 2.43. The second kappa shape index (κ2) is 5.66. The van der Waals surface area contributed by atoms with Gasteiger partial charge in [0, 0.05) is 13.0 Å². The van der Waals surface area contributed by atoms with Crippen LogP contribution in [0.4, 0.5) is 0 Å². The van der Waals surface area contributed by atoms with Crippen molar-refractivity contribution in [3.05, 3.63) is 15.9 Å². The molecule has 0 amide bonds. The lowest BCUT2D eigenvalue weighted by Crippen LogP contribution is -2.07. The maximum absolute atomic E-state index is 9.36. The zero-order valence-electron chi connectivity index (χ0n) is 9.63. The van der Waals surface area contributed by atoms with Crippen LogP contribution in [0.15, 0.2) is 4.47 Å². The Kier molecular flexibility index (Phi) is 4.80. The van der Waals surface area contributed by atoms with E-state index in [1.165, 1.54) is 5.69 Å². The third kappa shape index (κ3) is 3.05. The summed E-state index contributed by atoms with van der Waals surface area (Å²) in [4.78, 5) is 0. The summed E-state index contributed by atoms with van der Waals surface area (Å²) in [7, 11) is 0. The van der Waals surface area contributed by atoms with Crippen molar-refractivity contribution in [1.82, 2.24) is 9.78 Å². The Morgan fingerprint density at radius 3 is 2.60 bits per heavy atom. The zero-order chi connectivity index (χ0) is 11.4. The summed E-state index contributed by atoms with van der Waals surface area (Å²) in [5, 5.41) is 13.9. The Balaban J connectivity index is 2.98. The molecule has 1 unspecified atom stereocenters. The van der Waals surface area contributed by atoms with Crippen LogP contribution >= 0.6 is 15.9 Å². The van der Waals surface area contributed by atoms with E-state index in [1.807, 2.05) is 4.68 Å². The largest absolute Gasteiger partial charge is 0.393 e. The minimum absolute atomic E-state index is 0.337. The molecule has 0 spiro atoms. The number of halogens is 1. The van der Waals surface area contributed by atoms with Crippen LogP contribution in [0.1, 0.15) is 38.6 Å². The molecule has 0 saturated carbocycles. The molecule has 0 aliphatic carbocycles. The van der Waals surface area contributed by atoms with Crippen molar-refractivity contribution in [3.8, 4) is 0 Å². The number of nitrogens with zero attached hydrogens (tertiary/aromatic N) is 2. The van der Waals surface area contributed by atoms with Gasteiger partial charge in [-0.05, 0) is 35.7 Å². The van der Waals surface area contributed by atoms with Crippen molar-refractivity contribution >= 4 is 15.9 Å². The lowest BCUT2D eigenvalue weighted by atomic mass is 10.2. The number of aromatic nitrogens is 2. The van der Waals surface area contributed by atoms with Crippen LogP contribution in [-0.4, -0.2) is 21.0 Å². The third-order valence-electron chi connectivity index (χ3n) is 2.32. The van der Waals surface area contributed by atoms with Crippen LogP contribution in [0.25, 0.3) is 0 Å². The van der Waals surface area contributed by atoms with Crippen molar-refractivity contribution in [3.63, 3.8) is 0 Å². The Morgan fingerprint density at radius 1 is 1.47 bits per heavy atom. The SMILES string of the molecule is CCCn1nc(CC(C)O)c(Br)c1CC. The molecule has 1 N–H and O–H groups in total. The number of aliphatic hydroxyl groups is 1. The Hall–Kier alpha value is -0.350. The van der Waals surface area contributed by atoms with Gasteiger partial charge in [0.05, 0.1) is 22.0 Å². The van der Waals surface area contributed by atoms with Crippen LogP contribution in [0, 0.1) is 0 Å². The predicted octanol–water partition coefficient (Wildman–Crippen LogP) is 2.54. The van der Waals surface area contributed by atoms with E-state index in [1.54, 1.807) is 6.92 Å². The van der Waals surface area contributed by atoms with Crippen LogP contribution < -0.4 is 0 Å². The Labute approximate surface area is 99.6 Å². The number of rotatable bonds is 5. The first-order valence-corrected chi connectivity index (χ1v) is 6.31. The molecule has 1 atom stereocenters. The summed E-state index contributed by atoms with van der Waals surface area (Å²) in [6, 6.07) is 0. The van der Waals surface area contributed by atoms with Gasteiger partial charge in [-0.2, -0.15) is 5.10 Å². The molecular formula is C11H19BrN2O. The predicted molar refractivity (Wildman–Crippen MR) is 65.0 cm³/mol. The van der Waals surface area contributed by atoms with Crippen molar-refractivity contribution < 1.29 is 5.11 Å². The van der Waals surface area contributed by atoms with Gasteiger partial charge < -0.3 is 5.11 Å². The van der Waals surface area contributed by atoms with E-state index >= 15 is 0 Å². The molecule has 86 valence electrons. The van der Waals surface area contributed by atoms with E-state index in [4.69, 9.17) is 0 Å². The number of aliphatic hydroxyl groups excluding tert-OH is 1. The fourth-order valence-corrected chi connectivity index (χ4v) is 2.40. The number of hydrogen-bond acceptors (Lipinski definition) is 2. The first-order chi connectivity index (χ1) is 7.10. The summed E-state index contributed by atoms with van der Waals surface area (Å²) in [6.07, 6.45) is 2.32. The standard InChI is InChI=1S/C11H19BrN2O/c1-4-6-14-10(5-2)11(12)9(13-14)7-8(3)15/h8,15H,4-7H2,1-3H3. The van der Waals surface area contributed by atoms with Crippen LogP contribution in [0.3, 0.4) is 0 Å². The summed E-state index contributed by atoms with van der Waals surface area (Å²) < 4.78 is 3.11. The van der Waals surface area contributed by atoms with Gasteiger partial charge in [-0.25, -0.2) is 0 Å². The maximum atomic E-state index is 9.36. The molecule has 15 heavy (non-hydrogen) atoms. The highest BCUT2D eigenvalue weighted by molar-refractivity contribution is 9.10. The van der Waals surface area contributed by atoms with Crippen LogP contribution in [-0.2, 0) is 19.4 Å². The van der Waals surface area contributed by atoms with Crippen molar-refractivity contribution in [1.29, 1.82) is 0 Å². The number of aryl methyl sites for hydroxylation is 1. The Morgan fingerprint density at radius 2 is 2.13 bits per heavy atom.